The Labute approximate surface area is 418 Å². The molecule has 2 atom stereocenters. The first-order chi connectivity index (χ1) is 30.7. The highest BCUT2D eigenvalue weighted by Crippen LogP contribution is 2.45. The van der Waals surface area contributed by atoms with E-state index in [1.165, 1.54) is 95.9 Å². The zero-order valence-electron chi connectivity index (χ0n) is 49.2. The van der Waals surface area contributed by atoms with E-state index in [0.717, 1.165) is 55.4 Å². The van der Waals surface area contributed by atoms with Crippen LogP contribution in [0.25, 0.3) is 5.57 Å². The summed E-state index contributed by atoms with van der Waals surface area (Å²) in [6.45, 7) is 66.2. The Hall–Kier alpha value is -3.04. The largest absolute Gasteiger partial charge is 0.120 e. The van der Waals surface area contributed by atoms with Crippen molar-refractivity contribution in [2.24, 2.45) is 34.0 Å². The zero-order valence-corrected chi connectivity index (χ0v) is 49.2. The van der Waals surface area contributed by atoms with E-state index in [1.54, 1.807) is 0 Å². The molecule has 380 valence electrons. The molecule has 0 aliphatic heterocycles. The van der Waals surface area contributed by atoms with Gasteiger partial charge >= 0.3 is 0 Å². The predicted molar refractivity (Wildman–Crippen MR) is 311 cm³/mol. The normalized spacial score (nSPS) is 17.0. The lowest BCUT2D eigenvalue weighted by Gasteiger charge is -2.38. The second-order valence-corrected chi connectivity index (χ2v) is 21.7. The molecule has 1 saturated carbocycles. The highest BCUT2D eigenvalue weighted by molar-refractivity contribution is 5.74. The smallest absolute Gasteiger partial charge is 0.0284 e. The Morgan fingerprint density at radius 1 is 0.818 bits per heavy atom. The van der Waals surface area contributed by atoms with Crippen LogP contribution in [0, 0.1) is 53.3 Å². The molecule has 0 amide bonds. The molecule has 1 aliphatic rings. The Morgan fingerprint density at radius 3 is 1.65 bits per heavy atom. The van der Waals surface area contributed by atoms with Crippen LogP contribution in [0.2, 0.25) is 0 Å². The van der Waals surface area contributed by atoms with E-state index in [0.29, 0.717) is 5.41 Å². The molecule has 1 aromatic carbocycles. The van der Waals surface area contributed by atoms with Gasteiger partial charge in [0.1, 0.15) is 0 Å². The molecule has 1 aliphatic carbocycles. The average molecular weight is 910 g/mol. The number of rotatable bonds is 20. The van der Waals surface area contributed by atoms with Gasteiger partial charge in [0.25, 0.3) is 0 Å². The van der Waals surface area contributed by atoms with Gasteiger partial charge in [-0.2, -0.15) is 0 Å². The van der Waals surface area contributed by atoms with Crippen LogP contribution >= 0.6 is 0 Å². The van der Waals surface area contributed by atoms with Crippen LogP contribution in [0.15, 0.2) is 96.2 Å². The Kier molecular flexibility index (Phi) is 38.9. The van der Waals surface area contributed by atoms with Gasteiger partial charge in [-0.25, -0.2) is 0 Å². The third-order valence-electron chi connectivity index (χ3n) is 13.6. The van der Waals surface area contributed by atoms with Crippen LogP contribution in [0.3, 0.4) is 0 Å². The fraction of sp³-hybridized carbons (Fsp3) is 0.667. The van der Waals surface area contributed by atoms with Crippen LogP contribution in [0.4, 0.5) is 0 Å². The molecule has 66 heavy (non-hydrogen) atoms. The summed E-state index contributed by atoms with van der Waals surface area (Å²) < 4.78 is 0. The lowest BCUT2D eigenvalue weighted by Crippen LogP contribution is -2.30. The van der Waals surface area contributed by atoms with Crippen LogP contribution in [0.5, 0.6) is 0 Å². The van der Waals surface area contributed by atoms with Gasteiger partial charge in [-0.3, -0.25) is 0 Å². The minimum Gasteiger partial charge on any atom is -0.120 e. The SMILES string of the molecule is C#CC(C)(CCCC)CCC(CC)(C(=C)C)c1ccc(C(=C)/C=C(CC)\C(C)=C(/C)C(C)(C)C(/C=C\C)=C/C=C)cc1C.CC.CC(C)C.CC1CC(C)C1.CCC.CCCC(C)(C)CC. The van der Waals surface area contributed by atoms with E-state index in [-0.39, 0.29) is 16.2 Å². The Morgan fingerprint density at radius 2 is 1.33 bits per heavy atom. The molecule has 0 aromatic heterocycles. The number of hydrogen-bond acceptors (Lipinski definition) is 0. The number of unbranched alkanes of at least 4 members (excludes halogenated alkanes) is 1. The van der Waals surface area contributed by atoms with Gasteiger partial charge in [0.2, 0.25) is 0 Å². The molecule has 1 fully saturated rings. The van der Waals surface area contributed by atoms with Gasteiger partial charge < -0.3 is 0 Å². The summed E-state index contributed by atoms with van der Waals surface area (Å²) in [5, 5.41) is 0. The van der Waals surface area contributed by atoms with E-state index in [2.05, 4.69) is 220 Å². The number of hydrogen-bond donors (Lipinski definition) is 0. The Bertz CT molecular complexity index is 1630. The summed E-state index contributed by atoms with van der Waals surface area (Å²) in [5.74, 6) is 6.06. The summed E-state index contributed by atoms with van der Waals surface area (Å²) in [7, 11) is 0. The first-order valence-corrected chi connectivity index (χ1v) is 27.0. The molecule has 2 unspecified atom stereocenters. The van der Waals surface area contributed by atoms with Gasteiger partial charge in [-0.05, 0) is 155 Å². The van der Waals surface area contributed by atoms with E-state index in [4.69, 9.17) is 6.42 Å². The molecule has 0 heterocycles. The number of terminal acetylenes is 1. The van der Waals surface area contributed by atoms with Crippen molar-refractivity contribution >= 4 is 5.57 Å². The van der Waals surface area contributed by atoms with Crippen LogP contribution < -0.4 is 0 Å². The minimum absolute atomic E-state index is 0.0809. The third-order valence-corrected chi connectivity index (χ3v) is 13.6. The van der Waals surface area contributed by atoms with E-state index in [1.807, 2.05) is 19.9 Å². The highest BCUT2D eigenvalue weighted by atomic mass is 14.4. The van der Waals surface area contributed by atoms with Gasteiger partial charge in [0.15, 0.2) is 0 Å². The first-order valence-electron chi connectivity index (χ1n) is 27.0. The third kappa shape index (κ3) is 26.5. The van der Waals surface area contributed by atoms with E-state index in [9.17, 15) is 0 Å². The maximum Gasteiger partial charge on any atom is 0.0284 e. The molecule has 0 bridgehead atoms. The second kappa shape index (κ2) is 36.9. The van der Waals surface area contributed by atoms with Gasteiger partial charge in [-0.15, -0.1) is 12.3 Å². The molecule has 0 heteroatoms. The fourth-order valence-corrected chi connectivity index (χ4v) is 8.61. The quantitative estimate of drug-likeness (QED) is 0.0695. The van der Waals surface area contributed by atoms with Crippen molar-refractivity contribution in [1.29, 1.82) is 0 Å². The van der Waals surface area contributed by atoms with Gasteiger partial charge in [0, 0.05) is 16.2 Å². The molecule has 0 radical (unpaired) electrons. The second-order valence-electron chi connectivity index (χ2n) is 21.7. The summed E-state index contributed by atoms with van der Waals surface area (Å²) >= 11 is 0. The minimum atomic E-state index is -0.114. The molecule has 0 N–H and O–H groups in total. The standard InChI is InChI=1S/C43H62.C8H18.C6H12.C4H10.C3H8.C2H6/c1-16-22-27-42(15,20-5)28-29-43(21-6,32(7)8)40-26-25-38(31-34(40)10)33(9)30-37(19-4)35(11)36(12)41(13,14)39(23-17-2)24-18-3;1-5-7-8(3,4)6-2;1-5-3-6(2)4-5;1-4(2)3;1-3-2;1-2/h5,17-18,23-26,30-31H,2,7,9,16,19,21-22,27-29H2,1,3-4,6,8,10-15H3;5-7H2,1-4H3;5-6H,3-4H2,1-2H3;4H,1-3H3;3H2,1-2H3;1-2H3/b24-18-,36-35+,37-30-,39-23+;;;;;. The monoisotopic (exact) mass is 909 g/mol. The van der Waals surface area contributed by atoms with Crippen molar-refractivity contribution in [2.75, 3.05) is 0 Å². The van der Waals surface area contributed by atoms with Crippen molar-refractivity contribution in [3.8, 4) is 12.3 Å². The number of benzene rings is 1. The highest BCUT2D eigenvalue weighted by Gasteiger charge is 2.35. The van der Waals surface area contributed by atoms with Crippen LogP contribution in [-0.4, -0.2) is 0 Å². The first kappa shape index (κ1) is 69.5. The summed E-state index contributed by atoms with van der Waals surface area (Å²) in [6, 6.07) is 6.90. The number of aryl methyl sites for hydroxylation is 1. The predicted octanol–water partition coefficient (Wildman–Crippen LogP) is 22.6. The van der Waals surface area contributed by atoms with Crippen LogP contribution in [0.1, 0.15) is 259 Å². The molecule has 0 saturated heterocycles. The van der Waals surface area contributed by atoms with Crippen molar-refractivity contribution in [3.63, 3.8) is 0 Å². The van der Waals surface area contributed by atoms with Crippen molar-refractivity contribution in [2.45, 2.75) is 255 Å². The van der Waals surface area contributed by atoms with Crippen molar-refractivity contribution in [3.05, 3.63) is 113 Å². The molecule has 2 rings (SSSR count). The molecular formula is C66H116. The van der Waals surface area contributed by atoms with Crippen LogP contribution in [-0.2, 0) is 5.41 Å². The molecule has 0 nitrogen and oxygen atoms in total. The Balaban J connectivity index is -0.000000678. The molecule has 0 spiro atoms. The van der Waals surface area contributed by atoms with E-state index < -0.39 is 0 Å². The number of allylic oxidation sites excluding steroid dienone is 11. The zero-order chi connectivity index (χ0) is 52.5. The lowest BCUT2D eigenvalue weighted by molar-refractivity contribution is 0.233. The molecule has 1 aromatic rings. The fourth-order valence-electron chi connectivity index (χ4n) is 8.61. The van der Waals surface area contributed by atoms with Crippen molar-refractivity contribution < 1.29 is 0 Å². The lowest BCUT2D eigenvalue weighted by atomic mass is 9.65. The topological polar surface area (TPSA) is 0 Å². The van der Waals surface area contributed by atoms with Crippen molar-refractivity contribution in [1.82, 2.24) is 0 Å². The van der Waals surface area contributed by atoms with Gasteiger partial charge in [0.05, 0.1) is 0 Å². The van der Waals surface area contributed by atoms with Gasteiger partial charge in [-0.1, -0.05) is 236 Å². The maximum atomic E-state index is 6.07. The summed E-state index contributed by atoms with van der Waals surface area (Å²) in [6.07, 6.45) is 32.2. The maximum absolute atomic E-state index is 6.07. The molecular weight excluding hydrogens is 793 g/mol. The summed E-state index contributed by atoms with van der Waals surface area (Å²) in [5.41, 5.74) is 11.7. The average Bonchev–Trinajstić information content (AvgIpc) is 3.25. The summed E-state index contributed by atoms with van der Waals surface area (Å²) in [4.78, 5) is 0. The van der Waals surface area contributed by atoms with E-state index >= 15 is 0 Å².